The molecule has 0 atom stereocenters. The molecule has 0 saturated carbocycles. The Bertz CT molecular complexity index is 276. The van der Waals surface area contributed by atoms with E-state index in [-0.39, 0.29) is 0 Å². The normalized spacial score (nSPS) is 10.9. The predicted molar refractivity (Wildman–Crippen MR) is 60.3 cm³/mol. The summed E-state index contributed by atoms with van der Waals surface area (Å²) in [5.41, 5.74) is 0. The van der Waals surface area contributed by atoms with Crippen LogP contribution in [0, 0.1) is 0 Å². The first-order valence-corrected chi connectivity index (χ1v) is 5.51. The van der Waals surface area contributed by atoms with Crippen molar-refractivity contribution < 1.29 is 13.9 Å². The van der Waals surface area contributed by atoms with Gasteiger partial charge in [-0.3, -0.25) is 0 Å². The lowest BCUT2D eigenvalue weighted by atomic mass is 10.3. The molecule has 1 heterocycles. The first-order chi connectivity index (χ1) is 7.86. The van der Waals surface area contributed by atoms with Crippen LogP contribution in [0.5, 0.6) is 0 Å². The van der Waals surface area contributed by atoms with Crippen LogP contribution in [0.25, 0.3) is 0 Å². The standard InChI is InChI=1S/C11H20N2O3/c1-12-5-3-4-11-13-8-10(16-11)9-15-7-6-14-2/h8,12H,3-7,9H2,1-2H3. The Hall–Kier alpha value is -0.910. The maximum absolute atomic E-state index is 5.51. The smallest absolute Gasteiger partial charge is 0.194 e. The second-order valence-electron chi connectivity index (χ2n) is 3.47. The number of oxazole rings is 1. The molecule has 1 aromatic rings. The van der Waals surface area contributed by atoms with E-state index >= 15 is 0 Å². The third-order valence-corrected chi connectivity index (χ3v) is 2.09. The van der Waals surface area contributed by atoms with Crippen LogP contribution in [0.4, 0.5) is 0 Å². The summed E-state index contributed by atoms with van der Waals surface area (Å²) in [6.45, 7) is 2.61. The van der Waals surface area contributed by atoms with E-state index in [9.17, 15) is 0 Å². The van der Waals surface area contributed by atoms with Gasteiger partial charge in [0.15, 0.2) is 5.89 Å². The van der Waals surface area contributed by atoms with Gasteiger partial charge in [0.25, 0.3) is 0 Å². The van der Waals surface area contributed by atoms with Gasteiger partial charge in [0.05, 0.1) is 19.4 Å². The number of ether oxygens (including phenoxy) is 2. The lowest BCUT2D eigenvalue weighted by molar-refractivity contribution is 0.0534. The fourth-order valence-corrected chi connectivity index (χ4v) is 1.26. The molecule has 1 rings (SSSR count). The van der Waals surface area contributed by atoms with Gasteiger partial charge in [-0.25, -0.2) is 4.98 Å². The van der Waals surface area contributed by atoms with Gasteiger partial charge in [-0.1, -0.05) is 0 Å². The first kappa shape index (κ1) is 13.2. The van der Waals surface area contributed by atoms with E-state index < -0.39 is 0 Å². The van der Waals surface area contributed by atoms with Crippen LogP contribution in [-0.2, 0) is 22.5 Å². The Labute approximate surface area is 96.1 Å². The number of aryl methyl sites for hydroxylation is 1. The molecule has 0 aliphatic rings. The third-order valence-electron chi connectivity index (χ3n) is 2.09. The fraction of sp³-hybridized carbons (Fsp3) is 0.727. The van der Waals surface area contributed by atoms with Crippen LogP contribution in [-0.4, -0.2) is 38.9 Å². The highest BCUT2D eigenvalue weighted by molar-refractivity contribution is 4.92. The van der Waals surface area contributed by atoms with Crippen molar-refractivity contribution in [1.29, 1.82) is 0 Å². The lowest BCUT2D eigenvalue weighted by Crippen LogP contribution is -2.08. The Morgan fingerprint density at radius 2 is 2.31 bits per heavy atom. The summed E-state index contributed by atoms with van der Waals surface area (Å²) in [4.78, 5) is 4.18. The highest BCUT2D eigenvalue weighted by Gasteiger charge is 2.03. The number of nitrogens with zero attached hydrogens (tertiary/aromatic N) is 1. The molecule has 0 amide bonds. The molecule has 0 fully saturated rings. The highest BCUT2D eigenvalue weighted by atomic mass is 16.5. The fourth-order valence-electron chi connectivity index (χ4n) is 1.26. The topological polar surface area (TPSA) is 56.5 Å². The molecular formula is C11H20N2O3. The average Bonchev–Trinajstić information content (AvgIpc) is 2.73. The van der Waals surface area contributed by atoms with E-state index in [4.69, 9.17) is 13.9 Å². The van der Waals surface area contributed by atoms with Gasteiger partial charge in [-0.05, 0) is 20.0 Å². The highest BCUT2D eigenvalue weighted by Crippen LogP contribution is 2.06. The maximum Gasteiger partial charge on any atom is 0.194 e. The van der Waals surface area contributed by atoms with Crippen molar-refractivity contribution in [2.75, 3.05) is 33.9 Å². The van der Waals surface area contributed by atoms with Crippen molar-refractivity contribution in [3.05, 3.63) is 17.8 Å². The number of hydrogen-bond donors (Lipinski definition) is 1. The van der Waals surface area contributed by atoms with Gasteiger partial charge >= 0.3 is 0 Å². The number of hydrogen-bond acceptors (Lipinski definition) is 5. The van der Waals surface area contributed by atoms with Crippen LogP contribution in [0.15, 0.2) is 10.6 Å². The summed E-state index contributed by atoms with van der Waals surface area (Å²) in [7, 11) is 3.59. The molecule has 0 radical (unpaired) electrons. The molecule has 16 heavy (non-hydrogen) atoms. The lowest BCUT2D eigenvalue weighted by Gasteiger charge is -2.00. The van der Waals surface area contributed by atoms with Gasteiger partial charge in [-0.15, -0.1) is 0 Å². The van der Waals surface area contributed by atoms with Crippen LogP contribution < -0.4 is 5.32 Å². The minimum atomic E-state index is 0.461. The number of aromatic nitrogens is 1. The van der Waals surface area contributed by atoms with Crippen molar-refractivity contribution in [1.82, 2.24) is 10.3 Å². The van der Waals surface area contributed by atoms with E-state index in [1.165, 1.54) is 0 Å². The zero-order chi connectivity index (χ0) is 11.6. The molecule has 92 valence electrons. The Balaban J connectivity index is 2.17. The van der Waals surface area contributed by atoms with E-state index in [1.807, 2.05) is 7.05 Å². The molecule has 1 aromatic heterocycles. The van der Waals surface area contributed by atoms with Crippen molar-refractivity contribution in [3.8, 4) is 0 Å². The molecule has 5 nitrogen and oxygen atoms in total. The minimum Gasteiger partial charge on any atom is -0.443 e. The zero-order valence-electron chi connectivity index (χ0n) is 9.99. The van der Waals surface area contributed by atoms with Crippen LogP contribution in [0.3, 0.4) is 0 Å². The number of rotatable bonds is 9. The number of methoxy groups -OCH3 is 1. The van der Waals surface area contributed by atoms with Gasteiger partial charge in [-0.2, -0.15) is 0 Å². The molecule has 5 heteroatoms. The Kier molecular flexibility index (Phi) is 6.80. The van der Waals surface area contributed by atoms with Gasteiger partial charge in [0.2, 0.25) is 0 Å². The van der Waals surface area contributed by atoms with Crippen LogP contribution in [0.1, 0.15) is 18.1 Å². The largest absolute Gasteiger partial charge is 0.443 e. The molecule has 0 saturated heterocycles. The summed E-state index contributed by atoms with van der Waals surface area (Å²) >= 11 is 0. The van der Waals surface area contributed by atoms with Gasteiger partial charge < -0.3 is 19.2 Å². The SMILES string of the molecule is CNCCCc1ncc(COCCOC)o1. The van der Waals surface area contributed by atoms with Gasteiger partial charge in [0, 0.05) is 13.5 Å². The average molecular weight is 228 g/mol. The van der Waals surface area contributed by atoms with Crippen LogP contribution >= 0.6 is 0 Å². The van der Waals surface area contributed by atoms with Crippen molar-refractivity contribution in [2.45, 2.75) is 19.4 Å². The molecular weight excluding hydrogens is 208 g/mol. The molecule has 0 bridgehead atoms. The van der Waals surface area contributed by atoms with Crippen LogP contribution in [0.2, 0.25) is 0 Å². The summed E-state index contributed by atoms with van der Waals surface area (Å²) in [5, 5.41) is 3.09. The molecule has 0 unspecified atom stereocenters. The Morgan fingerprint density at radius 3 is 3.06 bits per heavy atom. The quantitative estimate of drug-likeness (QED) is 0.639. The summed E-state index contributed by atoms with van der Waals surface area (Å²) in [6, 6.07) is 0. The molecule has 0 aliphatic heterocycles. The molecule has 0 spiro atoms. The van der Waals surface area contributed by atoms with E-state index in [0.717, 1.165) is 31.0 Å². The zero-order valence-corrected chi connectivity index (χ0v) is 9.99. The maximum atomic E-state index is 5.51. The third kappa shape index (κ3) is 5.25. The van der Waals surface area contributed by atoms with Crippen molar-refractivity contribution in [3.63, 3.8) is 0 Å². The van der Waals surface area contributed by atoms with E-state index in [2.05, 4.69) is 10.3 Å². The molecule has 0 aromatic carbocycles. The van der Waals surface area contributed by atoms with Crippen molar-refractivity contribution in [2.24, 2.45) is 0 Å². The Morgan fingerprint density at radius 1 is 1.44 bits per heavy atom. The second-order valence-corrected chi connectivity index (χ2v) is 3.47. The predicted octanol–water partition coefficient (Wildman–Crippen LogP) is 0.990. The summed E-state index contributed by atoms with van der Waals surface area (Å²) < 4.78 is 15.7. The minimum absolute atomic E-state index is 0.461. The van der Waals surface area contributed by atoms with Gasteiger partial charge in [0.1, 0.15) is 12.4 Å². The van der Waals surface area contributed by atoms with Crippen molar-refractivity contribution >= 4 is 0 Å². The second kappa shape index (κ2) is 8.27. The summed E-state index contributed by atoms with van der Waals surface area (Å²) in [6.07, 6.45) is 3.61. The molecule has 1 N–H and O–H groups in total. The van der Waals surface area contributed by atoms with E-state index in [1.54, 1.807) is 13.3 Å². The molecule has 0 aliphatic carbocycles. The monoisotopic (exact) mass is 228 g/mol. The van der Waals surface area contributed by atoms with E-state index in [0.29, 0.717) is 19.8 Å². The number of nitrogens with one attached hydrogen (secondary N) is 1. The summed E-state index contributed by atoms with van der Waals surface area (Å²) in [5.74, 6) is 1.55. The first-order valence-electron chi connectivity index (χ1n) is 5.51.